The normalized spacial score (nSPS) is 9.38. The van der Waals surface area contributed by atoms with Crippen molar-refractivity contribution in [2.24, 2.45) is 4.99 Å². The number of thiocarbonyl (C=S) groups is 1. The van der Waals surface area contributed by atoms with Crippen molar-refractivity contribution in [3.8, 4) is 23.7 Å². The molecule has 0 saturated carbocycles. The second kappa shape index (κ2) is 9.64. The first-order valence-corrected chi connectivity index (χ1v) is 8.70. The van der Waals surface area contributed by atoms with E-state index >= 15 is 0 Å². The summed E-state index contributed by atoms with van der Waals surface area (Å²) in [5.41, 5.74) is 2.59. The number of benzene rings is 2. The van der Waals surface area contributed by atoms with Gasteiger partial charge in [-0.1, -0.05) is 37.5 Å². The Morgan fingerprint density at radius 2 is 1.69 bits per heavy atom. The first-order chi connectivity index (χ1) is 12.6. The Balaban J connectivity index is 2.35. The van der Waals surface area contributed by atoms with Gasteiger partial charge < -0.3 is 0 Å². The van der Waals surface area contributed by atoms with Gasteiger partial charge in [-0.15, -0.1) is 0 Å². The zero-order chi connectivity index (χ0) is 18.9. The summed E-state index contributed by atoms with van der Waals surface area (Å²) in [7, 11) is 0. The molecule has 0 aliphatic carbocycles. The van der Waals surface area contributed by atoms with E-state index in [0.717, 1.165) is 48.1 Å². The highest BCUT2D eigenvalue weighted by Gasteiger charge is 2.09. The van der Waals surface area contributed by atoms with Crippen molar-refractivity contribution < 1.29 is 8.78 Å². The van der Waals surface area contributed by atoms with Gasteiger partial charge in [-0.2, -0.15) is 4.99 Å². The van der Waals surface area contributed by atoms with E-state index in [-0.39, 0.29) is 5.56 Å². The molecule has 26 heavy (non-hydrogen) atoms. The van der Waals surface area contributed by atoms with E-state index in [1.807, 2.05) is 30.3 Å². The number of hydrogen-bond acceptors (Lipinski definition) is 2. The molecule has 0 radical (unpaired) electrons. The SMILES string of the molecule is CCCC#Cc1ccc(C#Cc2cc(F)c(N=C=S)c(F)c2)c(CC)c1. The van der Waals surface area contributed by atoms with Crippen molar-refractivity contribution >= 4 is 23.1 Å². The molecule has 0 unspecified atom stereocenters. The third-order valence-corrected chi connectivity index (χ3v) is 3.70. The average Bonchev–Trinajstić information content (AvgIpc) is 2.63. The van der Waals surface area contributed by atoms with Gasteiger partial charge in [0.15, 0.2) is 11.6 Å². The van der Waals surface area contributed by atoms with Crippen LogP contribution in [0.2, 0.25) is 0 Å². The predicted octanol–water partition coefficient (Wildman–Crippen LogP) is 5.81. The number of unbranched alkanes of at least 4 members (excludes halogenated alkanes) is 1. The molecule has 2 aromatic carbocycles. The topological polar surface area (TPSA) is 12.4 Å². The summed E-state index contributed by atoms with van der Waals surface area (Å²) < 4.78 is 27.7. The van der Waals surface area contributed by atoms with Crippen LogP contribution in [-0.4, -0.2) is 5.16 Å². The van der Waals surface area contributed by atoms with E-state index in [2.05, 4.69) is 47.8 Å². The van der Waals surface area contributed by atoms with Gasteiger partial charge in [-0.05, 0) is 61.0 Å². The van der Waals surface area contributed by atoms with Crippen LogP contribution in [0.15, 0.2) is 35.3 Å². The predicted molar refractivity (Wildman–Crippen MR) is 105 cm³/mol. The molecule has 0 aliphatic heterocycles. The van der Waals surface area contributed by atoms with Crippen LogP contribution in [0.4, 0.5) is 14.5 Å². The quantitative estimate of drug-likeness (QED) is 0.380. The molecule has 0 aliphatic rings. The van der Waals surface area contributed by atoms with E-state index in [9.17, 15) is 8.78 Å². The van der Waals surface area contributed by atoms with E-state index in [0.29, 0.717) is 0 Å². The van der Waals surface area contributed by atoms with Crippen molar-refractivity contribution in [2.45, 2.75) is 33.1 Å². The summed E-state index contributed by atoms with van der Waals surface area (Å²) in [6.07, 6.45) is 2.68. The minimum Gasteiger partial charge on any atom is -0.204 e. The van der Waals surface area contributed by atoms with Gasteiger partial charge in [0, 0.05) is 23.1 Å². The maximum Gasteiger partial charge on any atom is 0.153 e. The molecule has 0 amide bonds. The Labute approximate surface area is 158 Å². The second-order valence-electron chi connectivity index (χ2n) is 5.52. The van der Waals surface area contributed by atoms with Crippen LogP contribution in [0, 0.1) is 35.3 Å². The molecule has 0 aromatic heterocycles. The van der Waals surface area contributed by atoms with E-state index in [1.165, 1.54) is 0 Å². The standard InChI is InChI=1S/C22H17F2NS/c1-3-5-6-7-16-8-10-19(18(4-2)12-16)11-9-17-13-20(23)22(25-15-26)21(24)14-17/h8,10,12-14H,3-5H2,1-2H3. The second-order valence-corrected chi connectivity index (χ2v) is 5.70. The highest BCUT2D eigenvalue weighted by Crippen LogP contribution is 2.23. The summed E-state index contributed by atoms with van der Waals surface area (Å²) >= 11 is 4.39. The Bertz CT molecular complexity index is 958. The number of rotatable bonds is 3. The molecule has 0 atom stereocenters. The zero-order valence-corrected chi connectivity index (χ0v) is 15.4. The number of nitrogens with zero attached hydrogens (tertiary/aromatic N) is 1. The summed E-state index contributed by atoms with van der Waals surface area (Å²) in [6, 6.07) is 8.07. The van der Waals surface area contributed by atoms with E-state index in [1.54, 1.807) is 0 Å². The van der Waals surface area contributed by atoms with Crippen molar-refractivity contribution in [3.05, 3.63) is 64.2 Å². The zero-order valence-electron chi connectivity index (χ0n) is 14.6. The number of aryl methyl sites for hydroxylation is 1. The maximum atomic E-state index is 13.9. The fourth-order valence-electron chi connectivity index (χ4n) is 2.31. The molecule has 2 aromatic rings. The third kappa shape index (κ3) is 5.11. The fourth-order valence-corrected chi connectivity index (χ4v) is 2.40. The maximum absolute atomic E-state index is 13.9. The van der Waals surface area contributed by atoms with E-state index in [4.69, 9.17) is 0 Å². The lowest BCUT2D eigenvalue weighted by molar-refractivity contribution is 0.587. The van der Waals surface area contributed by atoms with Gasteiger partial charge in [0.25, 0.3) is 0 Å². The van der Waals surface area contributed by atoms with Gasteiger partial charge in [-0.25, -0.2) is 8.78 Å². The minimum atomic E-state index is -0.816. The van der Waals surface area contributed by atoms with Gasteiger partial charge in [0.1, 0.15) is 5.69 Å². The van der Waals surface area contributed by atoms with E-state index < -0.39 is 17.3 Å². The van der Waals surface area contributed by atoms with Crippen LogP contribution in [-0.2, 0) is 6.42 Å². The molecule has 2 rings (SSSR count). The number of hydrogen-bond donors (Lipinski definition) is 0. The molecule has 0 bridgehead atoms. The molecule has 0 fully saturated rings. The molecule has 0 heterocycles. The molecule has 0 N–H and O–H groups in total. The lowest BCUT2D eigenvalue weighted by atomic mass is 10.0. The Kier molecular flexibility index (Phi) is 7.24. The summed E-state index contributed by atoms with van der Waals surface area (Å²) in [5.74, 6) is 10.4. The van der Waals surface area contributed by atoms with Gasteiger partial charge in [0.2, 0.25) is 0 Å². The summed E-state index contributed by atoms with van der Waals surface area (Å²) in [4.78, 5) is 3.39. The Morgan fingerprint density at radius 3 is 2.31 bits per heavy atom. The van der Waals surface area contributed by atoms with Gasteiger partial charge >= 0.3 is 0 Å². The molecule has 4 heteroatoms. The number of isothiocyanates is 1. The van der Waals surface area contributed by atoms with Crippen molar-refractivity contribution in [3.63, 3.8) is 0 Å². The van der Waals surface area contributed by atoms with Crippen LogP contribution in [0.5, 0.6) is 0 Å². The fraction of sp³-hybridized carbons (Fsp3) is 0.227. The molecule has 0 spiro atoms. The smallest absolute Gasteiger partial charge is 0.153 e. The summed E-state index contributed by atoms with van der Waals surface area (Å²) in [6.45, 7) is 4.12. The van der Waals surface area contributed by atoms with Gasteiger partial charge in [0.05, 0.1) is 5.16 Å². The van der Waals surface area contributed by atoms with Crippen molar-refractivity contribution in [1.82, 2.24) is 0 Å². The van der Waals surface area contributed by atoms with Crippen LogP contribution in [0.3, 0.4) is 0 Å². The van der Waals surface area contributed by atoms with Crippen LogP contribution in [0.25, 0.3) is 0 Å². The average molecular weight is 365 g/mol. The van der Waals surface area contributed by atoms with Gasteiger partial charge in [-0.3, -0.25) is 0 Å². The Morgan fingerprint density at radius 1 is 0.962 bits per heavy atom. The van der Waals surface area contributed by atoms with Crippen molar-refractivity contribution in [1.29, 1.82) is 0 Å². The van der Waals surface area contributed by atoms with Crippen LogP contribution >= 0.6 is 12.2 Å². The first-order valence-electron chi connectivity index (χ1n) is 8.29. The van der Waals surface area contributed by atoms with Crippen LogP contribution in [0.1, 0.15) is 48.9 Å². The molecule has 1 nitrogen and oxygen atoms in total. The number of halogens is 2. The lowest BCUT2D eigenvalue weighted by Gasteiger charge is -2.02. The highest BCUT2D eigenvalue weighted by molar-refractivity contribution is 7.78. The largest absolute Gasteiger partial charge is 0.204 e. The lowest BCUT2D eigenvalue weighted by Crippen LogP contribution is -1.90. The minimum absolute atomic E-state index is 0.234. The molecule has 130 valence electrons. The Hall–Kier alpha value is -2.78. The first kappa shape index (κ1) is 19.5. The van der Waals surface area contributed by atoms with Crippen molar-refractivity contribution in [2.75, 3.05) is 0 Å². The third-order valence-electron chi connectivity index (χ3n) is 3.61. The molecular formula is C22H17F2NS. The highest BCUT2D eigenvalue weighted by atomic mass is 32.1. The molecule has 0 saturated heterocycles. The number of aliphatic imine (C=N–C) groups is 1. The monoisotopic (exact) mass is 365 g/mol. The molecular weight excluding hydrogens is 348 g/mol. The van der Waals surface area contributed by atoms with Crippen LogP contribution < -0.4 is 0 Å². The summed E-state index contributed by atoms with van der Waals surface area (Å²) in [5, 5.41) is 1.96.